The van der Waals surface area contributed by atoms with Crippen LogP contribution in [0.1, 0.15) is 0 Å². The van der Waals surface area contributed by atoms with Crippen LogP contribution in [-0.4, -0.2) is 4.98 Å². The van der Waals surface area contributed by atoms with Crippen molar-refractivity contribution in [3.63, 3.8) is 0 Å². The molecule has 0 saturated carbocycles. The van der Waals surface area contributed by atoms with Crippen LogP contribution in [0, 0.1) is 0 Å². The summed E-state index contributed by atoms with van der Waals surface area (Å²) in [5, 5.41) is 0.842. The number of hydrogen-bond acceptors (Lipinski definition) is 4. The Morgan fingerprint density at radius 2 is 2.18 bits per heavy atom. The number of nitrogens with one attached hydrogen (secondary N) is 1. The maximum absolute atomic E-state index is 4.26. The average molecular weight is 182 g/mol. The van der Waals surface area contributed by atoms with Gasteiger partial charge in [0.15, 0.2) is 5.13 Å². The number of fused-ring (bicyclic) bond motifs is 1. The number of aromatic nitrogens is 1. The summed E-state index contributed by atoms with van der Waals surface area (Å²) < 4.78 is 3.90. The summed E-state index contributed by atoms with van der Waals surface area (Å²) in [5.41, 5.74) is 1.02. The van der Waals surface area contributed by atoms with E-state index in [0.717, 1.165) is 10.6 Å². The molecule has 0 amide bonds. The Balaban J connectivity index is 2.69. The molecule has 1 aromatic heterocycles. The second-order valence-corrected chi connectivity index (χ2v) is 3.35. The fourth-order valence-corrected chi connectivity index (χ4v) is 1.87. The zero-order valence-corrected chi connectivity index (χ0v) is 7.32. The number of hydrogen-bond donors (Lipinski definition) is 2. The summed E-state index contributed by atoms with van der Waals surface area (Å²) in [6.45, 7) is 0. The lowest BCUT2D eigenvalue weighted by atomic mass is 10.3. The van der Waals surface area contributed by atoms with Crippen molar-refractivity contribution in [2.24, 2.45) is 0 Å². The van der Waals surface area contributed by atoms with Gasteiger partial charge in [-0.05, 0) is 12.1 Å². The van der Waals surface area contributed by atoms with E-state index in [2.05, 4.69) is 22.5 Å². The number of para-hydroxylation sites is 1. The van der Waals surface area contributed by atoms with Gasteiger partial charge < -0.3 is 4.72 Å². The molecule has 4 heteroatoms. The Bertz CT molecular complexity index is 336. The molecule has 0 bridgehead atoms. The molecule has 0 unspecified atom stereocenters. The van der Waals surface area contributed by atoms with Crippen molar-refractivity contribution in [2.45, 2.75) is 0 Å². The first-order valence-electron chi connectivity index (χ1n) is 3.16. The van der Waals surface area contributed by atoms with Crippen LogP contribution in [0.3, 0.4) is 0 Å². The largest absolute Gasteiger partial charge is 0.308 e. The van der Waals surface area contributed by atoms with E-state index in [1.165, 1.54) is 4.70 Å². The molecule has 0 fully saturated rings. The van der Waals surface area contributed by atoms with Crippen LogP contribution in [0.5, 0.6) is 0 Å². The van der Waals surface area contributed by atoms with E-state index in [1.54, 1.807) is 11.3 Å². The van der Waals surface area contributed by atoms with Crippen molar-refractivity contribution in [1.82, 2.24) is 4.98 Å². The number of nitrogens with zero attached hydrogens (tertiary/aromatic N) is 1. The quantitative estimate of drug-likeness (QED) is 0.662. The molecule has 0 aliphatic carbocycles. The molecule has 0 saturated heterocycles. The number of rotatable bonds is 1. The third-order valence-corrected chi connectivity index (χ3v) is 2.70. The molecule has 2 nitrogen and oxygen atoms in total. The normalized spacial score (nSPS) is 10.3. The van der Waals surface area contributed by atoms with Crippen molar-refractivity contribution in [1.29, 1.82) is 0 Å². The molecule has 2 rings (SSSR count). The Hall–Kier alpha value is -0.740. The molecule has 56 valence electrons. The van der Waals surface area contributed by atoms with E-state index < -0.39 is 0 Å². The van der Waals surface area contributed by atoms with Crippen molar-refractivity contribution in [2.75, 3.05) is 4.72 Å². The van der Waals surface area contributed by atoms with Crippen LogP contribution in [-0.2, 0) is 0 Å². The van der Waals surface area contributed by atoms with E-state index in [0.29, 0.717) is 0 Å². The first kappa shape index (κ1) is 6.94. The Morgan fingerprint density at radius 3 is 2.91 bits per heavy atom. The summed E-state index contributed by atoms with van der Waals surface area (Å²) in [7, 11) is 0. The van der Waals surface area contributed by atoms with Crippen LogP contribution >= 0.6 is 24.2 Å². The van der Waals surface area contributed by atoms with E-state index in [9.17, 15) is 0 Å². The Kier molecular flexibility index (Phi) is 1.71. The predicted molar refractivity (Wildman–Crippen MR) is 52.2 cm³/mol. The number of thiazole rings is 1. The van der Waals surface area contributed by atoms with Crippen LogP contribution in [0.25, 0.3) is 10.2 Å². The first-order valence-corrected chi connectivity index (χ1v) is 4.42. The molecule has 0 radical (unpaired) electrons. The molecule has 0 spiro atoms. The number of benzene rings is 1. The highest BCUT2D eigenvalue weighted by Crippen LogP contribution is 2.25. The number of thiol groups is 1. The Labute approximate surface area is 73.8 Å². The van der Waals surface area contributed by atoms with Gasteiger partial charge in [-0.1, -0.05) is 36.3 Å². The van der Waals surface area contributed by atoms with Crippen molar-refractivity contribution >= 4 is 39.5 Å². The lowest BCUT2D eigenvalue weighted by molar-refractivity contribution is 1.50. The Morgan fingerprint density at radius 1 is 1.36 bits per heavy atom. The highest BCUT2D eigenvalue weighted by molar-refractivity contribution is 7.82. The minimum absolute atomic E-state index is 0.842. The van der Waals surface area contributed by atoms with Crippen molar-refractivity contribution in [3.8, 4) is 0 Å². The molecule has 2 aromatic rings. The fourth-order valence-electron chi connectivity index (χ4n) is 0.920. The number of anilines is 1. The highest BCUT2D eigenvalue weighted by atomic mass is 32.1. The maximum Gasteiger partial charge on any atom is 0.193 e. The summed E-state index contributed by atoms with van der Waals surface area (Å²) in [6, 6.07) is 8.01. The average Bonchev–Trinajstić information content (AvgIpc) is 2.46. The van der Waals surface area contributed by atoms with Gasteiger partial charge >= 0.3 is 0 Å². The van der Waals surface area contributed by atoms with Crippen LogP contribution in [0.4, 0.5) is 5.13 Å². The summed E-state index contributed by atoms with van der Waals surface area (Å²) in [6.07, 6.45) is 0. The zero-order chi connectivity index (χ0) is 7.68. The summed E-state index contributed by atoms with van der Waals surface area (Å²) in [4.78, 5) is 4.26. The van der Waals surface area contributed by atoms with E-state index in [1.807, 2.05) is 24.3 Å². The molecule has 11 heavy (non-hydrogen) atoms. The summed E-state index contributed by atoms with van der Waals surface area (Å²) in [5.74, 6) is 0. The molecular formula is C7H6N2S2. The van der Waals surface area contributed by atoms with E-state index in [-0.39, 0.29) is 0 Å². The molecule has 1 heterocycles. The van der Waals surface area contributed by atoms with E-state index >= 15 is 0 Å². The molecular weight excluding hydrogens is 176 g/mol. The SMILES string of the molecule is SNc1nc2ccccc2s1. The van der Waals surface area contributed by atoms with Gasteiger partial charge in [0.2, 0.25) is 0 Å². The van der Waals surface area contributed by atoms with Gasteiger partial charge in [-0.3, -0.25) is 0 Å². The molecule has 0 aliphatic rings. The molecule has 0 atom stereocenters. The van der Waals surface area contributed by atoms with Crippen LogP contribution in [0.2, 0.25) is 0 Å². The van der Waals surface area contributed by atoms with Gasteiger partial charge in [-0.15, -0.1) is 0 Å². The minimum Gasteiger partial charge on any atom is -0.308 e. The predicted octanol–water partition coefficient (Wildman–Crippen LogP) is 2.55. The molecule has 1 N–H and O–H groups in total. The molecule has 1 aromatic carbocycles. The lowest BCUT2D eigenvalue weighted by Gasteiger charge is -1.83. The summed E-state index contributed by atoms with van der Waals surface area (Å²) >= 11 is 5.52. The zero-order valence-electron chi connectivity index (χ0n) is 5.61. The van der Waals surface area contributed by atoms with Crippen molar-refractivity contribution in [3.05, 3.63) is 24.3 Å². The van der Waals surface area contributed by atoms with Gasteiger partial charge in [-0.25, -0.2) is 4.98 Å². The monoisotopic (exact) mass is 182 g/mol. The smallest absolute Gasteiger partial charge is 0.193 e. The second kappa shape index (κ2) is 2.71. The third kappa shape index (κ3) is 1.19. The van der Waals surface area contributed by atoms with Gasteiger partial charge in [0, 0.05) is 0 Å². The molecule has 0 aliphatic heterocycles. The fraction of sp³-hybridized carbons (Fsp3) is 0. The topological polar surface area (TPSA) is 24.9 Å². The second-order valence-electron chi connectivity index (χ2n) is 2.10. The standard InChI is InChI=1S/C7H6N2S2/c10-9-7-8-5-3-1-2-4-6(5)11-7/h1-4,10H,(H,8,9). The third-order valence-electron chi connectivity index (χ3n) is 1.39. The lowest BCUT2D eigenvalue weighted by Crippen LogP contribution is -1.74. The van der Waals surface area contributed by atoms with Gasteiger partial charge in [0.1, 0.15) is 0 Å². The maximum atomic E-state index is 4.26. The highest BCUT2D eigenvalue weighted by Gasteiger charge is 1.98. The van der Waals surface area contributed by atoms with Gasteiger partial charge in [0.25, 0.3) is 0 Å². The first-order chi connectivity index (χ1) is 5.40. The van der Waals surface area contributed by atoms with Crippen molar-refractivity contribution < 1.29 is 0 Å². The van der Waals surface area contributed by atoms with Gasteiger partial charge in [-0.2, -0.15) is 0 Å². The van der Waals surface area contributed by atoms with Crippen LogP contribution < -0.4 is 4.72 Å². The van der Waals surface area contributed by atoms with E-state index in [4.69, 9.17) is 0 Å². The van der Waals surface area contributed by atoms with Gasteiger partial charge in [0.05, 0.1) is 10.2 Å². The minimum atomic E-state index is 0.842. The van der Waals surface area contributed by atoms with Crippen LogP contribution in [0.15, 0.2) is 24.3 Å².